The number of nitrogens with one attached hydrogen (secondary N) is 3. The Bertz CT molecular complexity index is 252. The van der Waals surface area contributed by atoms with E-state index in [1.807, 2.05) is 27.7 Å². The maximum Gasteiger partial charge on any atom is 0.222 e. The van der Waals surface area contributed by atoms with Crippen molar-refractivity contribution >= 4 is 11.9 Å². The molecule has 0 saturated heterocycles. The molecule has 0 aromatic carbocycles. The summed E-state index contributed by atoms with van der Waals surface area (Å²) in [6, 6.07) is 0.464. The van der Waals surface area contributed by atoms with Crippen molar-refractivity contribution in [3.63, 3.8) is 0 Å². The SMILES string of the molecule is CCC(C)NC(=O)CCN=C(NN)NC(C)C. The number of hydrogen-bond acceptors (Lipinski definition) is 3. The predicted octanol–water partition coefficient (Wildman–Crippen LogP) is 0.109. The van der Waals surface area contributed by atoms with Crippen LogP contribution in [-0.4, -0.2) is 30.5 Å². The molecule has 0 heterocycles. The Balaban J connectivity index is 3.93. The molecule has 0 aliphatic rings. The Labute approximate surface area is 103 Å². The van der Waals surface area contributed by atoms with Crippen molar-refractivity contribution in [1.82, 2.24) is 16.1 Å². The average Bonchev–Trinajstić information content (AvgIpc) is 2.26. The molecule has 17 heavy (non-hydrogen) atoms. The van der Waals surface area contributed by atoms with Gasteiger partial charge in [-0.1, -0.05) is 6.92 Å². The van der Waals surface area contributed by atoms with E-state index in [0.29, 0.717) is 18.9 Å². The van der Waals surface area contributed by atoms with E-state index in [1.54, 1.807) is 0 Å². The first-order valence-corrected chi connectivity index (χ1v) is 6.06. The summed E-state index contributed by atoms with van der Waals surface area (Å²) in [6.45, 7) is 8.41. The molecule has 0 rings (SSSR count). The zero-order valence-electron chi connectivity index (χ0n) is 11.2. The van der Waals surface area contributed by atoms with Gasteiger partial charge in [-0.25, -0.2) is 5.84 Å². The van der Waals surface area contributed by atoms with E-state index in [4.69, 9.17) is 5.84 Å². The van der Waals surface area contributed by atoms with Gasteiger partial charge in [-0.2, -0.15) is 0 Å². The van der Waals surface area contributed by atoms with Gasteiger partial charge in [0.05, 0.1) is 6.54 Å². The average molecular weight is 243 g/mol. The van der Waals surface area contributed by atoms with E-state index in [0.717, 1.165) is 6.42 Å². The van der Waals surface area contributed by atoms with Crippen molar-refractivity contribution < 1.29 is 4.79 Å². The molecule has 0 bridgehead atoms. The lowest BCUT2D eigenvalue weighted by atomic mass is 10.2. The first kappa shape index (κ1) is 15.7. The lowest BCUT2D eigenvalue weighted by molar-refractivity contribution is -0.121. The molecule has 0 saturated carbocycles. The lowest BCUT2D eigenvalue weighted by Crippen LogP contribution is -2.44. The third-order valence-corrected chi connectivity index (χ3v) is 2.19. The van der Waals surface area contributed by atoms with Crippen LogP contribution in [0.25, 0.3) is 0 Å². The Morgan fingerprint density at radius 3 is 2.41 bits per heavy atom. The van der Waals surface area contributed by atoms with Crippen molar-refractivity contribution in [1.29, 1.82) is 0 Å². The molecule has 1 unspecified atom stereocenters. The molecule has 0 aliphatic heterocycles. The smallest absolute Gasteiger partial charge is 0.222 e. The van der Waals surface area contributed by atoms with Gasteiger partial charge in [0, 0.05) is 18.5 Å². The number of nitrogens with two attached hydrogens (primary N) is 1. The predicted molar refractivity (Wildman–Crippen MR) is 70.4 cm³/mol. The van der Waals surface area contributed by atoms with E-state index in [-0.39, 0.29) is 18.0 Å². The van der Waals surface area contributed by atoms with E-state index in [1.165, 1.54) is 0 Å². The van der Waals surface area contributed by atoms with Crippen LogP contribution in [0.5, 0.6) is 0 Å². The fraction of sp³-hybridized carbons (Fsp3) is 0.818. The zero-order valence-corrected chi connectivity index (χ0v) is 11.2. The lowest BCUT2D eigenvalue weighted by Gasteiger charge is -2.12. The molecular weight excluding hydrogens is 218 g/mol. The number of hydrazine groups is 1. The van der Waals surface area contributed by atoms with Crippen LogP contribution in [-0.2, 0) is 4.79 Å². The molecule has 0 radical (unpaired) electrons. The van der Waals surface area contributed by atoms with Crippen molar-refractivity contribution in [2.75, 3.05) is 6.54 Å². The minimum absolute atomic E-state index is 0.0176. The number of guanidine groups is 1. The molecule has 6 nitrogen and oxygen atoms in total. The topological polar surface area (TPSA) is 91.5 Å². The van der Waals surface area contributed by atoms with Gasteiger partial charge in [-0.15, -0.1) is 0 Å². The molecule has 6 heteroatoms. The number of hydrogen-bond donors (Lipinski definition) is 4. The Morgan fingerprint density at radius 2 is 1.94 bits per heavy atom. The second kappa shape index (κ2) is 8.81. The third-order valence-electron chi connectivity index (χ3n) is 2.19. The number of aliphatic imine (C=N–C) groups is 1. The highest BCUT2D eigenvalue weighted by Crippen LogP contribution is 1.90. The standard InChI is InChI=1S/C11H25N5O/c1-5-9(4)15-10(17)6-7-13-11(16-12)14-8(2)3/h8-9H,5-7,12H2,1-4H3,(H,15,17)(H2,13,14,16). The molecule has 0 fully saturated rings. The van der Waals surface area contributed by atoms with Gasteiger partial charge in [0.1, 0.15) is 0 Å². The molecular formula is C11H25N5O. The largest absolute Gasteiger partial charge is 0.354 e. The molecule has 0 aromatic heterocycles. The van der Waals surface area contributed by atoms with Gasteiger partial charge >= 0.3 is 0 Å². The van der Waals surface area contributed by atoms with Crippen LogP contribution in [0.15, 0.2) is 4.99 Å². The van der Waals surface area contributed by atoms with Crippen LogP contribution < -0.4 is 21.9 Å². The van der Waals surface area contributed by atoms with Gasteiger partial charge in [0.2, 0.25) is 11.9 Å². The van der Waals surface area contributed by atoms with Gasteiger partial charge < -0.3 is 10.6 Å². The summed E-state index contributed by atoms with van der Waals surface area (Å²) in [5, 5.41) is 5.92. The second-order valence-corrected chi connectivity index (χ2v) is 4.30. The van der Waals surface area contributed by atoms with Crippen molar-refractivity contribution in [3.8, 4) is 0 Å². The van der Waals surface area contributed by atoms with Crippen molar-refractivity contribution in [2.24, 2.45) is 10.8 Å². The Morgan fingerprint density at radius 1 is 1.29 bits per heavy atom. The summed E-state index contributed by atoms with van der Waals surface area (Å²) in [5.41, 5.74) is 2.47. The van der Waals surface area contributed by atoms with Crippen LogP contribution in [0, 0.1) is 0 Å². The van der Waals surface area contributed by atoms with Gasteiger partial charge in [0.15, 0.2) is 0 Å². The Hall–Kier alpha value is -1.30. The van der Waals surface area contributed by atoms with Gasteiger partial charge in [-0.3, -0.25) is 15.2 Å². The highest BCUT2D eigenvalue weighted by Gasteiger charge is 2.05. The molecule has 100 valence electrons. The Kier molecular flexibility index (Phi) is 8.13. The minimum atomic E-state index is 0.0176. The summed E-state index contributed by atoms with van der Waals surface area (Å²) in [5.74, 6) is 5.82. The van der Waals surface area contributed by atoms with Crippen molar-refractivity contribution in [3.05, 3.63) is 0 Å². The van der Waals surface area contributed by atoms with Crippen LogP contribution in [0.3, 0.4) is 0 Å². The number of nitrogens with zero attached hydrogens (tertiary/aromatic N) is 1. The monoisotopic (exact) mass is 243 g/mol. The van der Waals surface area contributed by atoms with Crippen LogP contribution in [0.2, 0.25) is 0 Å². The number of carbonyl (C=O) groups is 1. The molecule has 0 aliphatic carbocycles. The summed E-state index contributed by atoms with van der Waals surface area (Å²) < 4.78 is 0. The zero-order chi connectivity index (χ0) is 13.3. The minimum Gasteiger partial charge on any atom is -0.354 e. The first-order chi connectivity index (χ1) is 7.99. The van der Waals surface area contributed by atoms with Gasteiger partial charge in [-0.05, 0) is 27.2 Å². The maximum atomic E-state index is 11.5. The summed E-state index contributed by atoms with van der Waals surface area (Å²) in [6.07, 6.45) is 1.30. The second-order valence-electron chi connectivity index (χ2n) is 4.30. The highest BCUT2D eigenvalue weighted by atomic mass is 16.1. The van der Waals surface area contributed by atoms with Gasteiger partial charge in [0.25, 0.3) is 0 Å². The summed E-state index contributed by atoms with van der Waals surface area (Å²) in [7, 11) is 0. The van der Waals surface area contributed by atoms with Crippen LogP contribution >= 0.6 is 0 Å². The molecule has 0 spiro atoms. The number of carbonyl (C=O) groups excluding carboxylic acids is 1. The van der Waals surface area contributed by atoms with E-state index in [9.17, 15) is 4.79 Å². The van der Waals surface area contributed by atoms with E-state index < -0.39 is 0 Å². The van der Waals surface area contributed by atoms with E-state index >= 15 is 0 Å². The number of amides is 1. The molecule has 0 aromatic rings. The first-order valence-electron chi connectivity index (χ1n) is 6.06. The molecule has 1 atom stereocenters. The van der Waals surface area contributed by atoms with Crippen molar-refractivity contribution in [2.45, 2.75) is 52.6 Å². The fourth-order valence-corrected chi connectivity index (χ4v) is 1.12. The normalized spacial score (nSPS) is 13.4. The quantitative estimate of drug-likeness (QED) is 0.231. The van der Waals surface area contributed by atoms with Crippen LogP contribution in [0.1, 0.15) is 40.5 Å². The fourth-order valence-electron chi connectivity index (χ4n) is 1.12. The summed E-state index contributed by atoms with van der Waals surface area (Å²) >= 11 is 0. The number of rotatable bonds is 6. The van der Waals surface area contributed by atoms with E-state index in [2.05, 4.69) is 21.1 Å². The third kappa shape index (κ3) is 8.50. The molecule has 5 N–H and O–H groups in total. The van der Waals surface area contributed by atoms with Crippen LogP contribution in [0.4, 0.5) is 0 Å². The summed E-state index contributed by atoms with van der Waals surface area (Å²) in [4.78, 5) is 15.6. The maximum absolute atomic E-state index is 11.5. The molecule has 1 amide bonds. The highest BCUT2D eigenvalue weighted by molar-refractivity contribution is 5.80.